The van der Waals surface area contributed by atoms with Crippen molar-refractivity contribution in [3.63, 3.8) is 0 Å². The van der Waals surface area contributed by atoms with Crippen LogP contribution in [-0.4, -0.2) is 42.3 Å². The zero-order valence-electron chi connectivity index (χ0n) is 14.3. The average molecular weight is 400 g/mol. The summed E-state index contributed by atoms with van der Waals surface area (Å²) >= 11 is 3.53. The maximum atomic E-state index is 11.0. The third kappa shape index (κ3) is 4.40. The Morgan fingerprint density at radius 3 is 2.72 bits per heavy atom. The predicted molar refractivity (Wildman–Crippen MR) is 103 cm³/mol. The van der Waals surface area contributed by atoms with E-state index in [0.717, 1.165) is 29.7 Å². The quantitative estimate of drug-likeness (QED) is 0.836. The second kappa shape index (κ2) is 7.57. The molecule has 1 N–H and O–H groups in total. The molecule has 130 valence electrons. The van der Waals surface area contributed by atoms with Gasteiger partial charge in [-0.2, -0.15) is 5.26 Å². The lowest BCUT2D eigenvalue weighted by Gasteiger charge is -2.31. The molecule has 1 fully saturated rings. The molecule has 0 amide bonds. The molecular formula is C20H22BrN3O. The highest BCUT2D eigenvalue weighted by Crippen LogP contribution is 2.30. The third-order valence-electron chi connectivity index (χ3n) is 4.68. The van der Waals surface area contributed by atoms with E-state index in [2.05, 4.69) is 43.9 Å². The van der Waals surface area contributed by atoms with Gasteiger partial charge in [0.05, 0.1) is 22.9 Å². The molecule has 1 heterocycles. The molecule has 1 aliphatic heterocycles. The summed E-state index contributed by atoms with van der Waals surface area (Å²) in [5.41, 5.74) is 2.15. The first kappa shape index (κ1) is 17.9. The molecule has 1 atom stereocenters. The fourth-order valence-electron chi connectivity index (χ4n) is 3.46. The van der Waals surface area contributed by atoms with Crippen molar-refractivity contribution in [2.24, 2.45) is 0 Å². The molecule has 0 aromatic heterocycles. The average Bonchev–Trinajstić information content (AvgIpc) is 2.95. The van der Waals surface area contributed by atoms with Gasteiger partial charge in [-0.3, -0.25) is 4.90 Å². The summed E-state index contributed by atoms with van der Waals surface area (Å²) in [6.07, 6.45) is 0.762. The number of nitriles is 1. The SMILES string of the molecule is CN(CC1(O)CCN(Cc2ccccc2)C1)c1ccc(C#N)cc1Br. The van der Waals surface area contributed by atoms with Gasteiger partial charge in [0.1, 0.15) is 0 Å². The van der Waals surface area contributed by atoms with Crippen LogP contribution >= 0.6 is 15.9 Å². The van der Waals surface area contributed by atoms with Gasteiger partial charge in [0.25, 0.3) is 0 Å². The predicted octanol–water partition coefficient (Wildman–Crippen LogP) is 3.39. The molecule has 25 heavy (non-hydrogen) atoms. The van der Waals surface area contributed by atoms with Crippen molar-refractivity contribution in [3.8, 4) is 6.07 Å². The molecule has 0 saturated carbocycles. The second-order valence-electron chi connectivity index (χ2n) is 6.80. The van der Waals surface area contributed by atoms with Gasteiger partial charge in [0, 0.05) is 37.7 Å². The monoisotopic (exact) mass is 399 g/mol. The molecule has 2 aromatic carbocycles. The van der Waals surface area contributed by atoms with Gasteiger partial charge in [-0.15, -0.1) is 0 Å². The van der Waals surface area contributed by atoms with Crippen LogP contribution in [0.1, 0.15) is 17.5 Å². The van der Waals surface area contributed by atoms with Crippen LogP contribution in [-0.2, 0) is 6.54 Å². The number of β-amino-alcohol motifs (C(OH)–C–C–N with tert-alkyl or cyclic N) is 1. The first-order valence-corrected chi connectivity index (χ1v) is 9.18. The summed E-state index contributed by atoms with van der Waals surface area (Å²) in [5, 5.41) is 20.0. The minimum Gasteiger partial charge on any atom is -0.387 e. The van der Waals surface area contributed by atoms with E-state index in [0.29, 0.717) is 18.7 Å². The van der Waals surface area contributed by atoms with Crippen molar-refractivity contribution < 1.29 is 5.11 Å². The fourth-order valence-corrected chi connectivity index (χ4v) is 4.14. The largest absolute Gasteiger partial charge is 0.387 e. The van der Waals surface area contributed by atoms with Gasteiger partial charge in [-0.05, 0) is 46.1 Å². The lowest BCUT2D eigenvalue weighted by atomic mass is 10.0. The molecular weight excluding hydrogens is 378 g/mol. The topological polar surface area (TPSA) is 50.5 Å². The standard InChI is InChI=1S/C20H22BrN3O/c1-23(19-8-7-17(12-22)11-18(19)21)14-20(25)9-10-24(15-20)13-16-5-3-2-4-6-16/h2-8,11,25H,9-10,13-15H2,1H3. The van der Waals surface area contributed by atoms with Crippen molar-refractivity contribution in [3.05, 3.63) is 64.1 Å². The van der Waals surface area contributed by atoms with Gasteiger partial charge in [-0.1, -0.05) is 30.3 Å². The van der Waals surface area contributed by atoms with Crippen molar-refractivity contribution in [1.82, 2.24) is 4.90 Å². The van der Waals surface area contributed by atoms with Crippen LogP contribution in [0.5, 0.6) is 0 Å². The van der Waals surface area contributed by atoms with Crippen LogP contribution in [0.25, 0.3) is 0 Å². The van der Waals surface area contributed by atoms with Crippen LogP contribution < -0.4 is 4.90 Å². The van der Waals surface area contributed by atoms with E-state index in [1.165, 1.54) is 5.56 Å². The van der Waals surface area contributed by atoms with E-state index in [1.54, 1.807) is 6.07 Å². The Hall–Kier alpha value is -1.87. The number of hydrogen-bond donors (Lipinski definition) is 1. The molecule has 3 rings (SSSR count). The van der Waals surface area contributed by atoms with Crippen molar-refractivity contribution >= 4 is 21.6 Å². The van der Waals surface area contributed by atoms with E-state index in [1.807, 2.05) is 37.4 Å². The van der Waals surface area contributed by atoms with Crippen molar-refractivity contribution in [1.29, 1.82) is 5.26 Å². The molecule has 4 nitrogen and oxygen atoms in total. The Balaban J connectivity index is 1.63. The summed E-state index contributed by atoms with van der Waals surface area (Å²) in [6, 6.07) is 18.0. The molecule has 1 aliphatic rings. The number of halogens is 1. The highest BCUT2D eigenvalue weighted by Gasteiger charge is 2.37. The van der Waals surface area contributed by atoms with Gasteiger partial charge in [-0.25, -0.2) is 0 Å². The fraction of sp³-hybridized carbons (Fsp3) is 0.350. The van der Waals surface area contributed by atoms with Crippen LogP contribution in [0.15, 0.2) is 53.0 Å². The van der Waals surface area contributed by atoms with Gasteiger partial charge >= 0.3 is 0 Å². The molecule has 0 aliphatic carbocycles. The maximum absolute atomic E-state index is 11.0. The Bertz CT molecular complexity index is 774. The van der Waals surface area contributed by atoms with E-state index >= 15 is 0 Å². The number of rotatable bonds is 5. The number of likely N-dealkylation sites (N-methyl/N-ethyl adjacent to an activating group) is 1. The van der Waals surface area contributed by atoms with E-state index < -0.39 is 5.60 Å². The Kier molecular flexibility index (Phi) is 5.43. The zero-order valence-corrected chi connectivity index (χ0v) is 15.9. The number of anilines is 1. The first-order chi connectivity index (χ1) is 12.0. The molecule has 2 aromatic rings. The van der Waals surface area contributed by atoms with E-state index in [-0.39, 0.29) is 0 Å². The smallest absolute Gasteiger partial charge is 0.0992 e. The van der Waals surface area contributed by atoms with Gasteiger partial charge < -0.3 is 10.0 Å². The molecule has 0 bridgehead atoms. The summed E-state index contributed by atoms with van der Waals surface area (Å²) in [4.78, 5) is 4.36. The molecule has 0 radical (unpaired) electrons. The summed E-state index contributed by atoms with van der Waals surface area (Å²) in [5.74, 6) is 0. The summed E-state index contributed by atoms with van der Waals surface area (Å²) in [6.45, 7) is 2.99. The highest BCUT2D eigenvalue weighted by molar-refractivity contribution is 9.10. The first-order valence-electron chi connectivity index (χ1n) is 8.38. The number of benzene rings is 2. The minimum absolute atomic E-state index is 0.558. The zero-order chi connectivity index (χ0) is 17.9. The molecule has 1 saturated heterocycles. The third-order valence-corrected chi connectivity index (χ3v) is 5.31. The molecule has 5 heteroatoms. The van der Waals surface area contributed by atoms with Crippen molar-refractivity contribution in [2.75, 3.05) is 31.6 Å². The minimum atomic E-state index is -0.725. The van der Waals surface area contributed by atoms with Crippen molar-refractivity contribution in [2.45, 2.75) is 18.6 Å². The van der Waals surface area contributed by atoms with Crippen LogP contribution in [0.3, 0.4) is 0 Å². The second-order valence-corrected chi connectivity index (χ2v) is 7.66. The van der Waals surface area contributed by atoms with Gasteiger partial charge in [0.2, 0.25) is 0 Å². The van der Waals surface area contributed by atoms with Crippen LogP contribution in [0, 0.1) is 11.3 Å². The Morgan fingerprint density at radius 1 is 1.28 bits per heavy atom. The Morgan fingerprint density at radius 2 is 2.04 bits per heavy atom. The van der Waals surface area contributed by atoms with Crippen LogP contribution in [0.4, 0.5) is 5.69 Å². The van der Waals surface area contributed by atoms with Gasteiger partial charge in [0.15, 0.2) is 0 Å². The molecule has 0 spiro atoms. The van der Waals surface area contributed by atoms with Crippen LogP contribution in [0.2, 0.25) is 0 Å². The number of aliphatic hydroxyl groups is 1. The lowest BCUT2D eigenvalue weighted by Crippen LogP contribution is -2.44. The molecule has 1 unspecified atom stereocenters. The summed E-state index contributed by atoms with van der Waals surface area (Å²) < 4.78 is 0.872. The number of hydrogen-bond acceptors (Lipinski definition) is 4. The highest BCUT2D eigenvalue weighted by atomic mass is 79.9. The lowest BCUT2D eigenvalue weighted by molar-refractivity contribution is 0.0562. The number of nitrogens with zero attached hydrogens (tertiary/aromatic N) is 3. The van der Waals surface area contributed by atoms with E-state index in [4.69, 9.17) is 5.26 Å². The normalized spacial score (nSPS) is 20.4. The Labute approximate surface area is 157 Å². The number of likely N-dealkylation sites (tertiary alicyclic amines) is 1. The van der Waals surface area contributed by atoms with E-state index in [9.17, 15) is 5.11 Å². The summed E-state index contributed by atoms with van der Waals surface area (Å²) in [7, 11) is 1.98. The maximum Gasteiger partial charge on any atom is 0.0992 e.